The first-order valence-corrected chi connectivity index (χ1v) is 11.4. The fourth-order valence-electron chi connectivity index (χ4n) is 3.72. The van der Waals surface area contributed by atoms with Gasteiger partial charge in [-0.15, -0.1) is 0 Å². The van der Waals surface area contributed by atoms with Crippen LogP contribution < -0.4 is 10.1 Å². The second-order valence-corrected chi connectivity index (χ2v) is 8.89. The molecule has 1 aliphatic carbocycles. The number of carbonyl (C=O) groups is 1. The Morgan fingerprint density at radius 2 is 2.03 bits per heavy atom. The van der Waals surface area contributed by atoms with E-state index >= 15 is 0 Å². The molecule has 1 fully saturated rings. The van der Waals surface area contributed by atoms with Crippen LogP contribution in [0.5, 0.6) is 11.5 Å². The molecular weight excluding hydrogens is 464 g/mol. The number of nitrogens with zero attached hydrogens (tertiary/aromatic N) is 2. The average molecular weight is 484 g/mol. The van der Waals surface area contributed by atoms with E-state index < -0.39 is 12.1 Å². The third kappa shape index (κ3) is 4.82. The summed E-state index contributed by atoms with van der Waals surface area (Å²) in [7, 11) is 0. The molecule has 2 aromatic heterocycles. The molecule has 0 radical (unpaired) electrons. The van der Waals surface area contributed by atoms with E-state index in [2.05, 4.69) is 16.5 Å². The van der Waals surface area contributed by atoms with Crippen molar-refractivity contribution >= 4 is 34.6 Å². The fourth-order valence-corrected chi connectivity index (χ4v) is 4.25. The first-order valence-electron chi connectivity index (χ1n) is 10.6. The summed E-state index contributed by atoms with van der Waals surface area (Å²) in [5.41, 5.74) is 2.49. The average Bonchev–Trinajstić information content (AvgIpc) is 3.55. The SMILES string of the molecule is O=C(NCC(F)c1ccc(Cl)cc1Cl)c1cc2ccnn2cc1Oc1cccc(C2CC2)c1. The van der Waals surface area contributed by atoms with Crippen molar-refractivity contribution in [2.75, 3.05) is 6.54 Å². The van der Waals surface area contributed by atoms with E-state index in [0.29, 0.717) is 22.4 Å². The zero-order valence-electron chi connectivity index (χ0n) is 17.5. The van der Waals surface area contributed by atoms with E-state index in [0.717, 1.165) is 5.52 Å². The van der Waals surface area contributed by atoms with Crippen molar-refractivity contribution in [1.82, 2.24) is 14.9 Å². The van der Waals surface area contributed by atoms with Crippen LogP contribution in [0.1, 0.15) is 46.4 Å². The van der Waals surface area contributed by atoms with Gasteiger partial charge in [-0.2, -0.15) is 5.10 Å². The van der Waals surface area contributed by atoms with Gasteiger partial charge in [0, 0.05) is 21.8 Å². The molecule has 2 aromatic carbocycles. The largest absolute Gasteiger partial charge is 0.455 e. The Balaban J connectivity index is 1.38. The van der Waals surface area contributed by atoms with Crippen LogP contribution >= 0.6 is 23.2 Å². The lowest BCUT2D eigenvalue weighted by Crippen LogP contribution is -2.27. The summed E-state index contributed by atoms with van der Waals surface area (Å²) in [5, 5.41) is 7.50. The maximum atomic E-state index is 14.8. The first kappa shape index (κ1) is 21.7. The maximum absolute atomic E-state index is 14.8. The zero-order chi connectivity index (χ0) is 22.9. The predicted octanol–water partition coefficient (Wildman–Crippen LogP) is 6.75. The number of benzene rings is 2. The van der Waals surface area contributed by atoms with E-state index in [1.54, 1.807) is 35.1 Å². The number of carbonyl (C=O) groups excluding carboxylic acids is 1. The quantitative estimate of drug-likeness (QED) is 0.316. The van der Waals surface area contributed by atoms with Gasteiger partial charge in [0.2, 0.25) is 0 Å². The molecule has 33 heavy (non-hydrogen) atoms. The smallest absolute Gasteiger partial charge is 0.255 e. The van der Waals surface area contributed by atoms with E-state index in [4.69, 9.17) is 27.9 Å². The molecule has 5 nitrogen and oxygen atoms in total. The van der Waals surface area contributed by atoms with Gasteiger partial charge in [0.1, 0.15) is 11.9 Å². The lowest BCUT2D eigenvalue weighted by molar-refractivity contribution is 0.0939. The highest BCUT2D eigenvalue weighted by Gasteiger charge is 2.24. The molecule has 0 bridgehead atoms. The highest BCUT2D eigenvalue weighted by Crippen LogP contribution is 2.41. The van der Waals surface area contributed by atoms with Crippen LogP contribution in [0.2, 0.25) is 10.0 Å². The molecule has 8 heteroatoms. The van der Waals surface area contributed by atoms with Crippen molar-refractivity contribution in [2.24, 2.45) is 0 Å². The highest BCUT2D eigenvalue weighted by atomic mass is 35.5. The van der Waals surface area contributed by atoms with E-state index in [1.807, 2.05) is 18.2 Å². The molecule has 1 unspecified atom stereocenters. The lowest BCUT2D eigenvalue weighted by Gasteiger charge is -2.15. The van der Waals surface area contributed by atoms with Crippen LogP contribution in [0.15, 0.2) is 67.0 Å². The molecule has 1 N–H and O–H groups in total. The summed E-state index contributed by atoms with van der Waals surface area (Å²) in [6.45, 7) is -0.249. The minimum Gasteiger partial charge on any atom is -0.455 e. The number of nitrogens with one attached hydrogen (secondary N) is 1. The normalized spacial score (nSPS) is 14.3. The number of hydrogen-bond donors (Lipinski definition) is 1. The van der Waals surface area contributed by atoms with Gasteiger partial charge >= 0.3 is 0 Å². The minimum atomic E-state index is -1.49. The van der Waals surface area contributed by atoms with Crippen LogP contribution in [0.25, 0.3) is 5.52 Å². The summed E-state index contributed by atoms with van der Waals surface area (Å²) in [6, 6.07) is 15.9. The zero-order valence-corrected chi connectivity index (χ0v) is 19.0. The van der Waals surface area contributed by atoms with Gasteiger partial charge in [-0.25, -0.2) is 8.91 Å². The summed E-state index contributed by atoms with van der Waals surface area (Å²) >= 11 is 12.0. The lowest BCUT2D eigenvalue weighted by atomic mass is 10.1. The first-order chi connectivity index (χ1) is 16.0. The molecule has 0 spiro atoms. The van der Waals surface area contributed by atoms with Crippen molar-refractivity contribution in [3.8, 4) is 11.5 Å². The van der Waals surface area contributed by atoms with E-state index in [9.17, 15) is 9.18 Å². The molecule has 4 aromatic rings. The van der Waals surface area contributed by atoms with Gasteiger partial charge in [0.25, 0.3) is 5.91 Å². The van der Waals surface area contributed by atoms with E-state index in [-0.39, 0.29) is 22.7 Å². The van der Waals surface area contributed by atoms with Gasteiger partial charge in [-0.05, 0) is 60.7 Å². The second-order valence-electron chi connectivity index (χ2n) is 8.04. The van der Waals surface area contributed by atoms with Crippen LogP contribution in [0, 0.1) is 0 Å². The Hall–Kier alpha value is -3.09. The highest BCUT2D eigenvalue weighted by molar-refractivity contribution is 6.35. The number of aromatic nitrogens is 2. The molecule has 1 saturated carbocycles. The van der Waals surface area contributed by atoms with Crippen molar-refractivity contribution in [1.29, 1.82) is 0 Å². The molecule has 2 heterocycles. The summed E-state index contributed by atoms with van der Waals surface area (Å²) < 4.78 is 22.5. The summed E-state index contributed by atoms with van der Waals surface area (Å²) in [4.78, 5) is 13.0. The van der Waals surface area contributed by atoms with Gasteiger partial charge < -0.3 is 10.1 Å². The number of alkyl halides is 1. The van der Waals surface area contributed by atoms with Crippen LogP contribution in [0.4, 0.5) is 4.39 Å². The number of fused-ring (bicyclic) bond motifs is 1. The maximum Gasteiger partial charge on any atom is 0.255 e. The minimum absolute atomic E-state index is 0.212. The number of halogens is 3. The summed E-state index contributed by atoms with van der Waals surface area (Å²) in [6.07, 6.45) is 4.15. The molecule has 1 aliphatic rings. The number of rotatable bonds is 7. The molecule has 5 rings (SSSR count). The van der Waals surface area contributed by atoms with Gasteiger partial charge in [0.05, 0.1) is 23.8 Å². The predicted molar refractivity (Wildman–Crippen MR) is 126 cm³/mol. The Kier molecular flexibility index (Phi) is 5.96. The molecule has 1 atom stereocenters. The fraction of sp³-hybridized carbons (Fsp3) is 0.200. The Labute approximate surface area is 200 Å². The number of hydrogen-bond acceptors (Lipinski definition) is 3. The van der Waals surface area contributed by atoms with Crippen molar-refractivity contribution in [3.05, 3.63) is 93.7 Å². The Morgan fingerprint density at radius 3 is 2.82 bits per heavy atom. The molecular formula is C25H20Cl2FN3O2. The Morgan fingerprint density at radius 1 is 1.18 bits per heavy atom. The third-order valence-electron chi connectivity index (χ3n) is 5.62. The van der Waals surface area contributed by atoms with Crippen LogP contribution in [-0.2, 0) is 0 Å². The van der Waals surface area contributed by atoms with Crippen molar-refractivity contribution in [3.63, 3.8) is 0 Å². The topological polar surface area (TPSA) is 55.6 Å². The number of amides is 1. The monoisotopic (exact) mass is 483 g/mol. The molecule has 1 amide bonds. The number of ether oxygens (including phenoxy) is 1. The van der Waals surface area contributed by atoms with Gasteiger partial charge in [-0.1, -0.05) is 41.4 Å². The van der Waals surface area contributed by atoms with Crippen molar-refractivity contribution in [2.45, 2.75) is 24.9 Å². The third-order valence-corrected chi connectivity index (χ3v) is 6.18. The van der Waals surface area contributed by atoms with Gasteiger partial charge in [0.15, 0.2) is 5.75 Å². The molecule has 0 aliphatic heterocycles. The van der Waals surface area contributed by atoms with Crippen LogP contribution in [-0.4, -0.2) is 22.1 Å². The summed E-state index contributed by atoms with van der Waals surface area (Å²) in [5.74, 6) is 1.08. The second kappa shape index (κ2) is 9.04. The molecule has 0 saturated heterocycles. The van der Waals surface area contributed by atoms with Gasteiger partial charge in [-0.3, -0.25) is 4.79 Å². The Bertz CT molecular complexity index is 1340. The van der Waals surface area contributed by atoms with Crippen LogP contribution in [0.3, 0.4) is 0 Å². The van der Waals surface area contributed by atoms with E-state index in [1.165, 1.54) is 30.5 Å². The molecule has 168 valence electrons. The standard InChI is InChI=1S/C25H20Cl2FN3O2/c26-17-6-7-20(22(27)11-17)23(28)13-29-25(32)21-12-18-8-9-30-31(18)14-24(21)33-19-3-1-2-16(10-19)15-4-5-15/h1-3,6-12,14-15,23H,4-5,13H2,(H,29,32). The number of pyridine rings is 1. The van der Waals surface area contributed by atoms with Crippen molar-refractivity contribution < 1.29 is 13.9 Å².